The lowest BCUT2D eigenvalue weighted by Gasteiger charge is -2.14. The number of aromatic nitrogens is 6. The first-order valence-electron chi connectivity index (χ1n) is 19.2. The molecule has 0 amide bonds. The Morgan fingerprint density at radius 1 is 0.241 bits per heavy atom. The quantitative estimate of drug-likeness (QED) is 0.154. The second-order valence-corrected chi connectivity index (χ2v) is 14.0. The van der Waals surface area contributed by atoms with Crippen LogP contribution >= 0.6 is 0 Å². The molecule has 0 spiro atoms. The van der Waals surface area contributed by atoms with Crippen molar-refractivity contribution >= 4 is 10.8 Å². The van der Waals surface area contributed by atoms with E-state index in [1.54, 1.807) is 12.4 Å². The highest BCUT2D eigenvalue weighted by Crippen LogP contribution is 2.38. The summed E-state index contributed by atoms with van der Waals surface area (Å²) in [7, 11) is 0. The first kappa shape index (κ1) is 34.5. The molecule has 4 heterocycles. The van der Waals surface area contributed by atoms with Gasteiger partial charge in [0.1, 0.15) is 0 Å². The normalized spacial score (nSPS) is 11.1. The van der Waals surface area contributed by atoms with E-state index in [1.807, 2.05) is 72.8 Å². The number of rotatable bonds is 8. The van der Waals surface area contributed by atoms with Crippen molar-refractivity contribution in [1.82, 2.24) is 29.9 Å². The minimum Gasteiger partial charge on any atom is -0.255 e. The predicted molar refractivity (Wildman–Crippen MR) is 234 cm³/mol. The second-order valence-electron chi connectivity index (χ2n) is 14.0. The minimum absolute atomic E-state index is 0.618. The average molecular weight is 743 g/mol. The van der Waals surface area contributed by atoms with Crippen molar-refractivity contribution in [2.24, 2.45) is 0 Å². The lowest BCUT2D eigenvalue weighted by molar-refractivity contribution is 1.07. The first-order chi connectivity index (χ1) is 28.7. The third-order valence-electron chi connectivity index (χ3n) is 10.3. The maximum absolute atomic E-state index is 5.02. The Balaban J connectivity index is 1.03. The van der Waals surface area contributed by atoms with Crippen molar-refractivity contribution in [2.75, 3.05) is 0 Å². The Bertz CT molecular complexity index is 2950. The van der Waals surface area contributed by atoms with Gasteiger partial charge in [-0.2, -0.15) is 0 Å². The molecule has 0 aliphatic rings. The van der Waals surface area contributed by atoms with Gasteiger partial charge < -0.3 is 0 Å². The molecule has 0 fully saturated rings. The standard InChI is InChI=1S/C52H34N6/c1-3-13-35(14-4-1)36-21-25-39(26-22-36)51-56-50(38-15-5-2-6-16-38)57-52(58-51)40-27-23-37(24-28-40)42-29-30-43(45-18-8-7-17-44(42)45)41-33-48(46-19-9-11-31-53-46)55-49(34-41)47-20-10-12-32-54-47/h1-34H. The molecule has 10 rings (SSSR count). The molecule has 0 unspecified atom stereocenters. The fraction of sp³-hybridized carbons (Fsp3) is 0. The van der Waals surface area contributed by atoms with Crippen LogP contribution in [0.25, 0.3) is 101 Å². The summed E-state index contributed by atoms with van der Waals surface area (Å²) in [6, 6.07) is 66.4. The molecular weight excluding hydrogens is 709 g/mol. The van der Waals surface area contributed by atoms with Gasteiger partial charge >= 0.3 is 0 Å². The number of hydrogen-bond acceptors (Lipinski definition) is 6. The molecule has 0 saturated heterocycles. The molecule has 0 bridgehead atoms. The smallest absolute Gasteiger partial charge is 0.164 e. The van der Waals surface area contributed by atoms with Gasteiger partial charge in [-0.15, -0.1) is 0 Å². The second kappa shape index (κ2) is 15.3. The highest BCUT2D eigenvalue weighted by molar-refractivity contribution is 6.05. The molecule has 0 aliphatic carbocycles. The molecule has 4 aromatic heterocycles. The van der Waals surface area contributed by atoms with Gasteiger partial charge in [0.15, 0.2) is 17.5 Å². The highest BCUT2D eigenvalue weighted by atomic mass is 15.0. The zero-order valence-corrected chi connectivity index (χ0v) is 31.3. The van der Waals surface area contributed by atoms with Gasteiger partial charge in [0, 0.05) is 29.1 Å². The number of benzene rings is 6. The molecule has 10 aromatic rings. The van der Waals surface area contributed by atoms with Gasteiger partial charge in [0.05, 0.1) is 22.8 Å². The Labute approximate surface area is 336 Å². The maximum Gasteiger partial charge on any atom is 0.164 e. The van der Waals surface area contributed by atoms with Crippen molar-refractivity contribution in [3.63, 3.8) is 0 Å². The maximum atomic E-state index is 5.02. The summed E-state index contributed by atoms with van der Waals surface area (Å²) in [5, 5.41) is 2.29. The van der Waals surface area contributed by atoms with E-state index in [0.29, 0.717) is 17.5 Å². The summed E-state index contributed by atoms with van der Waals surface area (Å²) in [5.74, 6) is 1.88. The zero-order chi connectivity index (χ0) is 38.7. The van der Waals surface area contributed by atoms with E-state index >= 15 is 0 Å². The summed E-state index contributed by atoms with van der Waals surface area (Å²) < 4.78 is 0. The lowest BCUT2D eigenvalue weighted by Crippen LogP contribution is -2.00. The zero-order valence-electron chi connectivity index (χ0n) is 31.3. The molecule has 0 radical (unpaired) electrons. The Kier molecular flexibility index (Phi) is 9.10. The van der Waals surface area contributed by atoms with Crippen molar-refractivity contribution in [3.05, 3.63) is 207 Å². The van der Waals surface area contributed by atoms with Gasteiger partial charge in [0.25, 0.3) is 0 Å². The molecule has 0 aliphatic heterocycles. The fourth-order valence-corrected chi connectivity index (χ4v) is 7.37. The van der Waals surface area contributed by atoms with Crippen molar-refractivity contribution in [3.8, 4) is 90.3 Å². The van der Waals surface area contributed by atoms with E-state index in [0.717, 1.165) is 78.1 Å². The summed E-state index contributed by atoms with van der Waals surface area (Å²) in [6.45, 7) is 0. The summed E-state index contributed by atoms with van der Waals surface area (Å²) in [6.07, 6.45) is 3.60. The van der Waals surface area contributed by atoms with E-state index in [4.69, 9.17) is 19.9 Å². The third-order valence-corrected chi connectivity index (χ3v) is 10.3. The molecule has 0 saturated carbocycles. The van der Waals surface area contributed by atoms with E-state index in [-0.39, 0.29) is 0 Å². The van der Waals surface area contributed by atoms with Crippen LogP contribution in [0.2, 0.25) is 0 Å². The van der Waals surface area contributed by atoms with E-state index < -0.39 is 0 Å². The molecular formula is C52H34N6. The number of hydrogen-bond donors (Lipinski definition) is 0. The van der Waals surface area contributed by atoms with Crippen molar-refractivity contribution in [1.29, 1.82) is 0 Å². The van der Waals surface area contributed by atoms with Crippen molar-refractivity contribution in [2.45, 2.75) is 0 Å². The summed E-state index contributed by atoms with van der Waals surface area (Å²) in [4.78, 5) is 29.2. The topological polar surface area (TPSA) is 77.3 Å². The van der Waals surface area contributed by atoms with Crippen LogP contribution in [-0.4, -0.2) is 29.9 Å². The molecule has 0 atom stereocenters. The van der Waals surface area contributed by atoms with E-state index in [2.05, 4.69) is 131 Å². The largest absolute Gasteiger partial charge is 0.255 e. The van der Waals surface area contributed by atoms with Gasteiger partial charge in [-0.1, -0.05) is 158 Å². The number of fused-ring (bicyclic) bond motifs is 1. The summed E-state index contributed by atoms with van der Waals surface area (Å²) >= 11 is 0. The summed E-state index contributed by atoms with van der Waals surface area (Å²) in [5.41, 5.74) is 12.7. The molecule has 6 heteroatoms. The van der Waals surface area contributed by atoms with Gasteiger partial charge in [-0.05, 0) is 80.6 Å². The molecule has 58 heavy (non-hydrogen) atoms. The Morgan fingerprint density at radius 3 is 1.10 bits per heavy atom. The van der Waals surface area contributed by atoms with Crippen LogP contribution in [0, 0.1) is 0 Å². The van der Waals surface area contributed by atoms with Crippen LogP contribution in [0.1, 0.15) is 0 Å². The van der Waals surface area contributed by atoms with Gasteiger partial charge in [0.2, 0.25) is 0 Å². The SMILES string of the molecule is c1ccc(-c2ccc(-c3nc(-c4ccccc4)nc(-c4ccc(-c5ccc(-c6cc(-c7ccccn7)nc(-c7ccccn7)c6)c6ccccc56)cc4)n3)cc2)cc1. The molecule has 0 N–H and O–H groups in total. The monoisotopic (exact) mass is 742 g/mol. The molecule has 272 valence electrons. The fourth-order valence-electron chi connectivity index (χ4n) is 7.37. The van der Waals surface area contributed by atoms with Crippen LogP contribution in [-0.2, 0) is 0 Å². The average Bonchev–Trinajstić information content (AvgIpc) is 3.32. The van der Waals surface area contributed by atoms with Crippen LogP contribution in [0.3, 0.4) is 0 Å². The number of nitrogens with zero attached hydrogens (tertiary/aromatic N) is 6. The minimum atomic E-state index is 0.618. The molecule has 6 aromatic carbocycles. The van der Waals surface area contributed by atoms with Crippen LogP contribution in [0.4, 0.5) is 0 Å². The van der Waals surface area contributed by atoms with Crippen molar-refractivity contribution < 1.29 is 0 Å². The highest BCUT2D eigenvalue weighted by Gasteiger charge is 2.16. The van der Waals surface area contributed by atoms with E-state index in [1.165, 1.54) is 5.56 Å². The predicted octanol–water partition coefficient (Wildman–Crippen LogP) is 12.5. The van der Waals surface area contributed by atoms with Crippen LogP contribution < -0.4 is 0 Å². The lowest BCUT2D eigenvalue weighted by atomic mass is 9.91. The van der Waals surface area contributed by atoms with Gasteiger partial charge in [-0.25, -0.2) is 19.9 Å². The third kappa shape index (κ3) is 6.91. The van der Waals surface area contributed by atoms with Gasteiger partial charge in [-0.3, -0.25) is 9.97 Å². The molecule has 6 nitrogen and oxygen atoms in total. The van der Waals surface area contributed by atoms with Crippen LogP contribution in [0.15, 0.2) is 207 Å². The van der Waals surface area contributed by atoms with Crippen LogP contribution in [0.5, 0.6) is 0 Å². The Morgan fingerprint density at radius 2 is 0.621 bits per heavy atom. The number of pyridine rings is 3. The Hall–Kier alpha value is -7.96. The first-order valence-corrected chi connectivity index (χ1v) is 19.2. The van der Waals surface area contributed by atoms with E-state index in [9.17, 15) is 0 Å².